The van der Waals surface area contributed by atoms with Crippen LogP contribution in [-0.4, -0.2) is 12.4 Å². The Morgan fingerprint density at radius 1 is 1.33 bits per heavy atom. The van der Waals surface area contributed by atoms with Crippen LogP contribution in [0.3, 0.4) is 0 Å². The quantitative estimate of drug-likeness (QED) is 0.826. The number of benzene rings is 1. The van der Waals surface area contributed by atoms with Crippen molar-refractivity contribution in [1.82, 2.24) is 0 Å². The van der Waals surface area contributed by atoms with Crippen molar-refractivity contribution in [3.05, 3.63) is 29.0 Å². The number of hydrogen-bond donors (Lipinski definition) is 0. The Labute approximate surface area is 111 Å². The smallest absolute Gasteiger partial charge is 0.173 e. The average Bonchev–Trinajstić information content (AvgIpc) is 2.41. The molecule has 0 amide bonds. The fourth-order valence-electron chi connectivity index (χ4n) is 2.26. The van der Waals surface area contributed by atoms with E-state index >= 15 is 0 Å². The van der Waals surface area contributed by atoms with Crippen molar-refractivity contribution in [2.24, 2.45) is 5.92 Å². The summed E-state index contributed by atoms with van der Waals surface area (Å²) in [6.07, 6.45) is 5.36. The monoisotopic (exact) mass is 270 g/mol. The maximum atomic E-state index is 13.2. The highest BCUT2D eigenvalue weighted by atomic mass is 35.5. The number of ether oxygens (including phenoxy) is 1. The third-order valence-corrected chi connectivity index (χ3v) is 3.64. The van der Waals surface area contributed by atoms with Gasteiger partial charge in [-0.05, 0) is 25.0 Å². The van der Waals surface area contributed by atoms with Gasteiger partial charge in [-0.25, -0.2) is 4.39 Å². The molecular formula is C14H16ClFO2. The highest BCUT2D eigenvalue weighted by Crippen LogP contribution is 2.25. The van der Waals surface area contributed by atoms with Gasteiger partial charge in [0.2, 0.25) is 0 Å². The van der Waals surface area contributed by atoms with E-state index < -0.39 is 5.82 Å². The van der Waals surface area contributed by atoms with Crippen molar-refractivity contribution in [3.8, 4) is 5.75 Å². The van der Waals surface area contributed by atoms with Gasteiger partial charge in [0.25, 0.3) is 0 Å². The lowest BCUT2D eigenvalue weighted by Gasteiger charge is -2.20. The Morgan fingerprint density at radius 2 is 2.06 bits per heavy atom. The van der Waals surface area contributed by atoms with Crippen molar-refractivity contribution in [2.75, 3.05) is 6.61 Å². The molecule has 0 bridgehead atoms. The van der Waals surface area contributed by atoms with Gasteiger partial charge in [0.05, 0.1) is 5.02 Å². The second kappa shape index (κ2) is 6.19. The van der Waals surface area contributed by atoms with Crippen molar-refractivity contribution in [1.29, 1.82) is 0 Å². The molecule has 1 saturated carbocycles. The molecule has 1 aromatic rings. The van der Waals surface area contributed by atoms with E-state index in [1.807, 2.05) is 0 Å². The molecule has 18 heavy (non-hydrogen) atoms. The summed E-state index contributed by atoms with van der Waals surface area (Å²) in [5.74, 6) is 0.0568. The van der Waals surface area contributed by atoms with Crippen LogP contribution in [0.5, 0.6) is 5.75 Å². The van der Waals surface area contributed by atoms with E-state index in [0.29, 0.717) is 5.75 Å². The van der Waals surface area contributed by atoms with Crippen LogP contribution in [0.4, 0.5) is 4.39 Å². The normalized spacial score (nSPS) is 16.6. The largest absolute Gasteiger partial charge is 0.486 e. The van der Waals surface area contributed by atoms with Gasteiger partial charge in [0.1, 0.15) is 18.2 Å². The third kappa shape index (κ3) is 3.45. The number of hydrogen-bond acceptors (Lipinski definition) is 2. The molecule has 0 heterocycles. The van der Waals surface area contributed by atoms with Crippen LogP contribution in [-0.2, 0) is 4.79 Å². The van der Waals surface area contributed by atoms with E-state index in [0.717, 1.165) is 25.7 Å². The van der Waals surface area contributed by atoms with Gasteiger partial charge in [-0.2, -0.15) is 0 Å². The molecule has 0 aromatic heterocycles. The van der Waals surface area contributed by atoms with E-state index in [9.17, 15) is 9.18 Å². The molecule has 0 radical (unpaired) electrons. The van der Waals surface area contributed by atoms with Crippen LogP contribution in [0, 0.1) is 11.7 Å². The molecule has 1 aliphatic carbocycles. The van der Waals surface area contributed by atoms with Crippen molar-refractivity contribution in [2.45, 2.75) is 32.1 Å². The molecule has 0 N–H and O–H groups in total. The van der Waals surface area contributed by atoms with Crippen molar-refractivity contribution < 1.29 is 13.9 Å². The van der Waals surface area contributed by atoms with E-state index in [1.165, 1.54) is 18.6 Å². The summed E-state index contributed by atoms with van der Waals surface area (Å²) >= 11 is 5.57. The van der Waals surface area contributed by atoms with Gasteiger partial charge < -0.3 is 4.74 Å². The zero-order valence-corrected chi connectivity index (χ0v) is 10.9. The Morgan fingerprint density at radius 3 is 2.72 bits per heavy atom. The fraction of sp³-hybridized carbons (Fsp3) is 0.500. The van der Waals surface area contributed by atoms with Crippen LogP contribution in [0.1, 0.15) is 32.1 Å². The van der Waals surface area contributed by atoms with Gasteiger partial charge in [-0.1, -0.05) is 30.9 Å². The topological polar surface area (TPSA) is 26.3 Å². The lowest BCUT2D eigenvalue weighted by Crippen LogP contribution is -2.23. The molecule has 0 saturated heterocycles. The Kier molecular flexibility index (Phi) is 4.59. The summed E-state index contributed by atoms with van der Waals surface area (Å²) in [5.41, 5.74) is 0. The molecule has 0 aliphatic heterocycles. The first-order chi connectivity index (χ1) is 8.66. The molecule has 98 valence electrons. The average molecular weight is 271 g/mol. The molecule has 1 aromatic carbocycles. The minimum Gasteiger partial charge on any atom is -0.486 e. The number of halogens is 2. The first kappa shape index (κ1) is 13.3. The second-order valence-corrected chi connectivity index (χ2v) is 5.07. The summed E-state index contributed by atoms with van der Waals surface area (Å²) in [7, 11) is 0. The summed E-state index contributed by atoms with van der Waals surface area (Å²) < 4.78 is 18.5. The first-order valence-corrected chi connectivity index (χ1v) is 6.65. The van der Waals surface area contributed by atoms with Crippen LogP contribution in [0.15, 0.2) is 18.2 Å². The Balaban J connectivity index is 1.86. The molecular weight excluding hydrogens is 255 g/mol. The predicted octanol–water partition coefficient (Wildman–Crippen LogP) is 4.01. The third-order valence-electron chi connectivity index (χ3n) is 3.33. The molecule has 4 heteroatoms. The van der Waals surface area contributed by atoms with Gasteiger partial charge in [0.15, 0.2) is 5.78 Å². The minimum atomic E-state index is -0.528. The molecule has 0 unspecified atom stereocenters. The summed E-state index contributed by atoms with van der Waals surface area (Å²) in [6, 6.07) is 4.20. The second-order valence-electron chi connectivity index (χ2n) is 4.67. The SMILES string of the molecule is O=C(COc1ccc(Cl)c(F)c1)C1CCCCC1. The van der Waals surface area contributed by atoms with E-state index in [-0.39, 0.29) is 23.3 Å². The molecule has 0 atom stereocenters. The van der Waals surface area contributed by atoms with Crippen LogP contribution in [0.2, 0.25) is 5.02 Å². The van der Waals surface area contributed by atoms with E-state index in [1.54, 1.807) is 6.07 Å². The predicted molar refractivity (Wildman–Crippen MR) is 68.5 cm³/mol. The summed E-state index contributed by atoms with van der Waals surface area (Å²) in [6.45, 7) is 0.0196. The van der Waals surface area contributed by atoms with E-state index in [2.05, 4.69) is 0 Å². The van der Waals surface area contributed by atoms with Crippen LogP contribution >= 0.6 is 11.6 Å². The van der Waals surface area contributed by atoms with Gasteiger partial charge >= 0.3 is 0 Å². The minimum absolute atomic E-state index is 0.0196. The van der Waals surface area contributed by atoms with Crippen LogP contribution in [0.25, 0.3) is 0 Å². The number of rotatable bonds is 4. The summed E-state index contributed by atoms with van der Waals surface area (Å²) in [4.78, 5) is 11.9. The molecule has 1 fully saturated rings. The van der Waals surface area contributed by atoms with Crippen molar-refractivity contribution in [3.63, 3.8) is 0 Å². The van der Waals surface area contributed by atoms with Crippen molar-refractivity contribution >= 4 is 17.4 Å². The van der Waals surface area contributed by atoms with Gasteiger partial charge in [0, 0.05) is 12.0 Å². The molecule has 2 rings (SSSR count). The number of carbonyl (C=O) groups is 1. The number of ketones is 1. The van der Waals surface area contributed by atoms with E-state index in [4.69, 9.17) is 16.3 Å². The van der Waals surface area contributed by atoms with Crippen LogP contribution < -0.4 is 4.74 Å². The standard InChI is InChI=1S/C14H16ClFO2/c15-12-7-6-11(8-13(12)16)18-9-14(17)10-4-2-1-3-5-10/h6-8,10H,1-5,9H2. The van der Waals surface area contributed by atoms with Gasteiger partial charge in [-0.3, -0.25) is 4.79 Å². The maximum absolute atomic E-state index is 13.2. The first-order valence-electron chi connectivity index (χ1n) is 6.27. The lowest BCUT2D eigenvalue weighted by atomic mass is 9.86. The fourth-order valence-corrected chi connectivity index (χ4v) is 2.38. The molecule has 1 aliphatic rings. The highest BCUT2D eigenvalue weighted by Gasteiger charge is 2.21. The zero-order chi connectivity index (χ0) is 13.0. The zero-order valence-electron chi connectivity index (χ0n) is 10.1. The maximum Gasteiger partial charge on any atom is 0.173 e. The molecule has 0 spiro atoms. The number of carbonyl (C=O) groups excluding carboxylic acids is 1. The number of Topliss-reactive ketones (excluding diaryl/α,β-unsaturated/α-hetero) is 1. The summed E-state index contributed by atoms with van der Waals surface area (Å²) in [5, 5.41) is 0.0564. The Hall–Kier alpha value is -1.09. The Bertz CT molecular complexity index is 428. The highest BCUT2D eigenvalue weighted by molar-refractivity contribution is 6.30. The van der Waals surface area contributed by atoms with Gasteiger partial charge in [-0.15, -0.1) is 0 Å². The molecule has 2 nitrogen and oxygen atoms in total. The lowest BCUT2D eigenvalue weighted by molar-refractivity contribution is -0.125.